The van der Waals surface area contributed by atoms with Gasteiger partial charge in [0.25, 0.3) is 0 Å². The molecule has 1 aliphatic heterocycles. The summed E-state index contributed by atoms with van der Waals surface area (Å²) in [4.78, 5) is 12.0. The van der Waals surface area contributed by atoms with Crippen LogP contribution in [0.2, 0.25) is 0 Å². The topological polar surface area (TPSA) is 41.1 Å². The van der Waals surface area contributed by atoms with Crippen molar-refractivity contribution in [3.8, 4) is 0 Å². The quantitative estimate of drug-likeness (QED) is 0.889. The lowest BCUT2D eigenvalue weighted by Gasteiger charge is -2.22. The maximum absolute atomic E-state index is 12.0. The molecule has 1 amide bonds. The molecule has 1 aliphatic carbocycles. The number of nitrogens with one attached hydrogen (secondary N) is 2. The highest BCUT2D eigenvalue weighted by atomic mass is 32.2. The molecule has 0 spiro atoms. The Balaban J connectivity index is 1.56. The van der Waals surface area contributed by atoms with Crippen LogP contribution in [0.25, 0.3) is 0 Å². The van der Waals surface area contributed by atoms with Gasteiger partial charge in [0.2, 0.25) is 5.91 Å². The van der Waals surface area contributed by atoms with Crippen LogP contribution < -0.4 is 10.6 Å². The van der Waals surface area contributed by atoms with E-state index in [1.165, 1.54) is 24.0 Å². The van der Waals surface area contributed by atoms with Gasteiger partial charge in [-0.3, -0.25) is 4.79 Å². The summed E-state index contributed by atoms with van der Waals surface area (Å²) in [6.45, 7) is 1.02. The minimum absolute atomic E-state index is 0.123. The number of thioether (sulfide) groups is 1. The highest BCUT2D eigenvalue weighted by Crippen LogP contribution is 2.25. The summed E-state index contributed by atoms with van der Waals surface area (Å²) < 4.78 is 0. The van der Waals surface area contributed by atoms with Crippen LogP contribution in [0.15, 0.2) is 18.2 Å². The van der Waals surface area contributed by atoms with Crippen molar-refractivity contribution in [1.82, 2.24) is 5.32 Å². The molecule has 1 unspecified atom stereocenters. The number of amides is 1. The van der Waals surface area contributed by atoms with Crippen LogP contribution in [0.3, 0.4) is 0 Å². The SMILES string of the molecule is O=C(CC1CSCCN1)Nc1ccc2c(c1)CCC2. The standard InChI is InChI=1S/C15H20N2OS/c18-15(9-14-10-19-7-6-16-14)17-13-5-4-11-2-1-3-12(11)8-13/h4-5,8,14,16H,1-3,6-7,9-10H2,(H,17,18). The largest absolute Gasteiger partial charge is 0.326 e. The zero-order valence-electron chi connectivity index (χ0n) is 11.1. The summed E-state index contributed by atoms with van der Waals surface area (Å²) in [5.74, 6) is 2.32. The summed E-state index contributed by atoms with van der Waals surface area (Å²) in [6.07, 6.45) is 4.16. The maximum Gasteiger partial charge on any atom is 0.225 e. The Morgan fingerprint density at radius 2 is 2.26 bits per heavy atom. The van der Waals surface area contributed by atoms with Crippen molar-refractivity contribution in [2.24, 2.45) is 0 Å². The van der Waals surface area contributed by atoms with E-state index in [4.69, 9.17) is 0 Å². The van der Waals surface area contributed by atoms with Gasteiger partial charge in [-0.25, -0.2) is 0 Å². The minimum atomic E-state index is 0.123. The molecular weight excluding hydrogens is 256 g/mol. The zero-order valence-corrected chi connectivity index (χ0v) is 11.9. The number of benzene rings is 1. The first-order chi connectivity index (χ1) is 9.31. The highest BCUT2D eigenvalue weighted by molar-refractivity contribution is 7.99. The monoisotopic (exact) mass is 276 g/mol. The molecule has 1 atom stereocenters. The van der Waals surface area contributed by atoms with E-state index in [2.05, 4.69) is 22.8 Å². The van der Waals surface area contributed by atoms with Gasteiger partial charge in [-0.1, -0.05) is 6.07 Å². The second-order valence-corrected chi connectivity index (χ2v) is 6.47. The third-order valence-electron chi connectivity index (χ3n) is 3.81. The van der Waals surface area contributed by atoms with Crippen LogP contribution >= 0.6 is 11.8 Å². The van der Waals surface area contributed by atoms with Crippen molar-refractivity contribution < 1.29 is 4.79 Å². The second-order valence-electron chi connectivity index (χ2n) is 5.32. The van der Waals surface area contributed by atoms with E-state index in [9.17, 15) is 4.79 Å². The predicted molar refractivity (Wildman–Crippen MR) is 80.8 cm³/mol. The Hall–Kier alpha value is -1.00. The Labute approximate surface area is 118 Å². The first-order valence-electron chi connectivity index (χ1n) is 7.04. The van der Waals surface area contributed by atoms with Gasteiger partial charge in [0.1, 0.15) is 0 Å². The average molecular weight is 276 g/mol. The van der Waals surface area contributed by atoms with Crippen LogP contribution in [-0.2, 0) is 17.6 Å². The second kappa shape index (κ2) is 5.97. The number of anilines is 1. The lowest BCUT2D eigenvalue weighted by atomic mass is 10.1. The van der Waals surface area contributed by atoms with E-state index in [1.54, 1.807) is 0 Å². The number of carbonyl (C=O) groups is 1. The Kier molecular flexibility index (Phi) is 4.09. The molecule has 1 saturated heterocycles. The van der Waals surface area contributed by atoms with E-state index in [-0.39, 0.29) is 5.91 Å². The van der Waals surface area contributed by atoms with Crippen LogP contribution in [0, 0.1) is 0 Å². The van der Waals surface area contributed by atoms with Crippen molar-refractivity contribution in [2.45, 2.75) is 31.7 Å². The van der Waals surface area contributed by atoms with E-state index in [1.807, 2.05) is 17.8 Å². The molecule has 19 heavy (non-hydrogen) atoms. The van der Waals surface area contributed by atoms with Crippen LogP contribution in [0.1, 0.15) is 24.0 Å². The van der Waals surface area contributed by atoms with E-state index in [0.29, 0.717) is 12.5 Å². The summed E-state index contributed by atoms with van der Waals surface area (Å²) in [7, 11) is 0. The van der Waals surface area contributed by atoms with Gasteiger partial charge in [-0.15, -0.1) is 0 Å². The average Bonchev–Trinajstić information content (AvgIpc) is 2.87. The number of hydrogen-bond acceptors (Lipinski definition) is 3. The van der Waals surface area contributed by atoms with Crippen LogP contribution in [0.5, 0.6) is 0 Å². The van der Waals surface area contributed by atoms with E-state index < -0.39 is 0 Å². The normalized spacial score (nSPS) is 22.0. The molecule has 2 N–H and O–H groups in total. The number of hydrogen-bond donors (Lipinski definition) is 2. The third-order valence-corrected chi connectivity index (χ3v) is 4.94. The van der Waals surface area contributed by atoms with Gasteiger partial charge < -0.3 is 10.6 Å². The van der Waals surface area contributed by atoms with Crippen molar-refractivity contribution in [1.29, 1.82) is 0 Å². The molecule has 0 saturated carbocycles. The molecule has 2 aliphatic rings. The van der Waals surface area contributed by atoms with Crippen molar-refractivity contribution in [3.05, 3.63) is 29.3 Å². The van der Waals surface area contributed by atoms with E-state index >= 15 is 0 Å². The number of carbonyl (C=O) groups excluding carboxylic acids is 1. The lowest BCUT2D eigenvalue weighted by molar-refractivity contribution is -0.116. The molecule has 0 aromatic heterocycles. The molecule has 3 nitrogen and oxygen atoms in total. The molecule has 3 rings (SSSR count). The molecule has 1 heterocycles. The number of rotatable bonds is 3. The summed E-state index contributed by atoms with van der Waals surface area (Å²) in [6, 6.07) is 6.66. The lowest BCUT2D eigenvalue weighted by Crippen LogP contribution is -2.39. The molecule has 4 heteroatoms. The summed E-state index contributed by atoms with van der Waals surface area (Å²) in [5.41, 5.74) is 3.81. The molecule has 1 fully saturated rings. The molecule has 0 bridgehead atoms. The zero-order chi connectivity index (χ0) is 13.1. The Morgan fingerprint density at radius 1 is 1.37 bits per heavy atom. The predicted octanol–water partition coefficient (Wildman–Crippen LogP) is 2.21. The van der Waals surface area contributed by atoms with Gasteiger partial charge in [0.05, 0.1) is 0 Å². The third kappa shape index (κ3) is 3.31. The molecule has 1 aromatic rings. The Bertz CT molecular complexity index is 469. The molecule has 0 radical (unpaired) electrons. The van der Waals surface area contributed by atoms with Gasteiger partial charge >= 0.3 is 0 Å². The first-order valence-corrected chi connectivity index (χ1v) is 8.19. The van der Waals surface area contributed by atoms with Gasteiger partial charge in [-0.2, -0.15) is 11.8 Å². The highest BCUT2D eigenvalue weighted by Gasteiger charge is 2.17. The fourth-order valence-corrected chi connectivity index (χ4v) is 3.79. The van der Waals surface area contributed by atoms with Crippen LogP contribution in [-0.4, -0.2) is 30.0 Å². The van der Waals surface area contributed by atoms with E-state index in [0.717, 1.165) is 30.2 Å². The fourth-order valence-electron chi connectivity index (χ4n) is 2.84. The number of aryl methyl sites for hydroxylation is 2. The van der Waals surface area contributed by atoms with Crippen molar-refractivity contribution in [3.63, 3.8) is 0 Å². The van der Waals surface area contributed by atoms with Gasteiger partial charge in [0.15, 0.2) is 0 Å². The molecule has 102 valence electrons. The summed E-state index contributed by atoms with van der Waals surface area (Å²) in [5, 5.41) is 6.43. The molecule has 1 aromatic carbocycles. The van der Waals surface area contributed by atoms with Crippen molar-refractivity contribution in [2.75, 3.05) is 23.4 Å². The van der Waals surface area contributed by atoms with Crippen molar-refractivity contribution >= 4 is 23.4 Å². The smallest absolute Gasteiger partial charge is 0.225 e. The fraction of sp³-hybridized carbons (Fsp3) is 0.533. The first kappa shape index (κ1) is 13.0. The summed E-state index contributed by atoms with van der Waals surface area (Å²) >= 11 is 1.93. The molecular formula is C15H20N2OS. The van der Waals surface area contributed by atoms with Crippen LogP contribution in [0.4, 0.5) is 5.69 Å². The Morgan fingerprint density at radius 3 is 3.11 bits per heavy atom. The maximum atomic E-state index is 12.0. The van der Waals surface area contributed by atoms with Gasteiger partial charge in [-0.05, 0) is 42.5 Å². The minimum Gasteiger partial charge on any atom is -0.326 e. The van der Waals surface area contributed by atoms with Gasteiger partial charge in [0, 0.05) is 36.2 Å². The number of fused-ring (bicyclic) bond motifs is 1.